The van der Waals surface area contributed by atoms with Gasteiger partial charge in [0.05, 0.1) is 5.52 Å². The smallest absolute Gasteiger partial charge is 0.253 e. The Labute approximate surface area is 209 Å². The summed E-state index contributed by atoms with van der Waals surface area (Å²) in [6, 6.07) is 12.6. The van der Waals surface area contributed by atoms with Gasteiger partial charge in [-0.3, -0.25) is 14.7 Å². The van der Waals surface area contributed by atoms with E-state index in [-0.39, 0.29) is 11.7 Å². The quantitative estimate of drug-likeness (QED) is 0.332. The largest absolute Gasteiger partial charge is 0.360 e. The number of halogens is 1. The summed E-state index contributed by atoms with van der Waals surface area (Å²) < 4.78 is 13.7. The molecule has 36 heavy (non-hydrogen) atoms. The van der Waals surface area contributed by atoms with Crippen LogP contribution in [0.2, 0.25) is 0 Å². The van der Waals surface area contributed by atoms with Crippen LogP contribution in [0.3, 0.4) is 0 Å². The second-order valence-corrected chi connectivity index (χ2v) is 8.39. The number of piperazine rings is 1. The van der Waals surface area contributed by atoms with Crippen molar-refractivity contribution in [2.24, 2.45) is 0 Å². The molecule has 2 aromatic heterocycles. The number of carbonyl (C=O) groups excluding carboxylic acids is 2. The highest BCUT2D eigenvalue weighted by molar-refractivity contribution is 5.95. The number of hydrogen-bond acceptors (Lipinski definition) is 5. The topological polar surface area (TPSA) is 98.0 Å². The fourth-order valence-electron chi connectivity index (χ4n) is 3.79. The van der Waals surface area contributed by atoms with Crippen LogP contribution < -0.4 is 0 Å². The maximum atomic E-state index is 13.7. The van der Waals surface area contributed by atoms with Crippen molar-refractivity contribution < 1.29 is 14.0 Å². The molecule has 2 aromatic carbocycles. The molecule has 1 fully saturated rings. The lowest BCUT2D eigenvalue weighted by Gasteiger charge is -2.32. The fourth-order valence-corrected chi connectivity index (χ4v) is 3.79. The summed E-state index contributed by atoms with van der Waals surface area (Å²) in [6.45, 7) is 10.4. The molecule has 3 heterocycles. The number of aryl methyl sites for hydroxylation is 2. The minimum absolute atomic E-state index is 0.156. The van der Waals surface area contributed by atoms with Gasteiger partial charge in [-0.05, 0) is 56.8 Å². The van der Waals surface area contributed by atoms with Gasteiger partial charge in [0.1, 0.15) is 17.9 Å². The normalized spacial score (nSPS) is 13.3. The minimum Gasteiger partial charge on any atom is -0.360 e. The number of rotatable bonds is 3. The maximum Gasteiger partial charge on any atom is 0.253 e. The van der Waals surface area contributed by atoms with Crippen LogP contribution in [0.1, 0.15) is 21.7 Å². The summed E-state index contributed by atoms with van der Waals surface area (Å²) in [5.41, 5.74) is 3.22. The highest BCUT2D eigenvalue weighted by Gasteiger charge is 2.19. The average Bonchev–Trinajstić information content (AvgIpc) is 3.51. The lowest BCUT2D eigenvalue weighted by molar-refractivity contribution is -0.104. The van der Waals surface area contributed by atoms with Crippen molar-refractivity contribution in [2.45, 2.75) is 13.8 Å². The van der Waals surface area contributed by atoms with E-state index in [1.165, 1.54) is 12.1 Å². The molecule has 9 heteroatoms. The zero-order valence-corrected chi connectivity index (χ0v) is 20.8. The number of nitrogens with one attached hydrogen (secondary N) is 2. The molecule has 2 N–H and O–H groups in total. The molecule has 0 radical (unpaired) electrons. The van der Waals surface area contributed by atoms with Gasteiger partial charge in [-0.15, -0.1) is 0 Å². The minimum atomic E-state index is -0.227. The summed E-state index contributed by atoms with van der Waals surface area (Å²) in [6.07, 6.45) is 3.62. The van der Waals surface area contributed by atoms with E-state index in [4.69, 9.17) is 4.79 Å². The van der Waals surface area contributed by atoms with Crippen LogP contribution in [0.5, 0.6) is 0 Å². The highest BCUT2D eigenvalue weighted by Crippen LogP contribution is 2.29. The molecule has 0 bridgehead atoms. The third-order valence-corrected chi connectivity index (χ3v) is 5.73. The van der Waals surface area contributed by atoms with Crippen LogP contribution in [-0.2, 0) is 4.79 Å². The third-order valence-electron chi connectivity index (χ3n) is 5.73. The molecular formula is C27H31FN6O2. The first-order chi connectivity index (χ1) is 17.3. The van der Waals surface area contributed by atoms with Crippen LogP contribution in [0.25, 0.3) is 22.3 Å². The fraction of sp³-hybridized carbons (Fsp3) is 0.259. The van der Waals surface area contributed by atoms with Crippen molar-refractivity contribution in [3.63, 3.8) is 0 Å². The van der Waals surface area contributed by atoms with E-state index in [9.17, 15) is 9.18 Å². The number of benzene rings is 2. The molecule has 188 valence electrons. The first kappa shape index (κ1) is 26.5. The summed E-state index contributed by atoms with van der Waals surface area (Å²) in [5, 5.41) is 7.48. The highest BCUT2D eigenvalue weighted by atomic mass is 19.1. The molecular weight excluding hydrogens is 459 g/mol. The van der Waals surface area contributed by atoms with Crippen LogP contribution >= 0.6 is 0 Å². The Balaban J connectivity index is 0.000000176. The zero-order chi connectivity index (χ0) is 26.1. The molecule has 0 unspecified atom stereocenters. The van der Waals surface area contributed by atoms with E-state index >= 15 is 0 Å². The Morgan fingerprint density at radius 3 is 2.33 bits per heavy atom. The van der Waals surface area contributed by atoms with E-state index in [1.807, 2.05) is 49.1 Å². The molecule has 1 aliphatic heterocycles. The van der Waals surface area contributed by atoms with Crippen molar-refractivity contribution in [3.8, 4) is 11.4 Å². The number of H-pyrrole nitrogens is 2. The van der Waals surface area contributed by atoms with E-state index in [0.29, 0.717) is 17.5 Å². The average molecular weight is 491 g/mol. The molecule has 1 saturated heterocycles. The Morgan fingerprint density at radius 1 is 1.08 bits per heavy atom. The number of allylic oxidation sites excluding steroid dienone is 1. The van der Waals surface area contributed by atoms with Crippen molar-refractivity contribution in [1.29, 1.82) is 0 Å². The van der Waals surface area contributed by atoms with Gasteiger partial charge in [-0.1, -0.05) is 24.8 Å². The van der Waals surface area contributed by atoms with Gasteiger partial charge < -0.3 is 14.8 Å². The SMILES string of the molecule is C=CC=O.CN1CCN(C(=O)c2ccccc2)CC1.Cc1nc(-c2ccc(F)c3c(C)c[nH]c23)n[nH]1. The second-order valence-electron chi connectivity index (χ2n) is 8.39. The number of aromatic amines is 2. The number of aldehydes is 1. The molecule has 0 spiro atoms. The number of nitrogens with zero attached hydrogens (tertiary/aromatic N) is 4. The van der Waals surface area contributed by atoms with Crippen molar-refractivity contribution in [3.05, 3.63) is 84.1 Å². The van der Waals surface area contributed by atoms with E-state index in [0.717, 1.165) is 54.2 Å². The van der Waals surface area contributed by atoms with Crippen LogP contribution in [0, 0.1) is 19.7 Å². The van der Waals surface area contributed by atoms with Gasteiger partial charge in [-0.25, -0.2) is 9.37 Å². The number of carbonyl (C=O) groups is 2. The second kappa shape index (κ2) is 12.6. The number of hydrogen-bond donors (Lipinski definition) is 2. The van der Waals surface area contributed by atoms with Crippen LogP contribution in [0.15, 0.2) is 61.3 Å². The molecule has 5 rings (SSSR count). The predicted molar refractivity (Wildman–Crippen MR) is 139 cm³/mol. The standard InChI is InChI=1S/C12H11FN4.C12H16N2O.C3H4O/c1-6-5-14-11-8(3-4-9(13)10(6)11)12-15-7(2)16-17-12;1-13-7-9-14(10-8-13)12(15)11-5-3-2-4-6-11;1-2-3-4/h3-5,14H,1-2H3,(H,15,16,17);2-6H,7-10H2,1H3;2-3H,1H2. The Bertz CT molecular complexity index is 1300. The number of amides is 1. The molecule has 0 saturated carbocycles. The third kappa shape index (κ3) is 6.51. The molecule has 1 amide bonds. The van der Waals surface area contributed by atoms with Crippen LogP contribution in [-0.4, -0.2) is 75.4 Å². The van der Waals surface area contributed by atoms with Gasteiger partial charge in [0.25, 0.3) is 5.91 Å². The van der Waals surface area contributed by atoms with Gasteiger partial charge >= 0.3 is 0 Å². The van der Waals surface area contributed by atoms with Gasteiger partial charge in [-0.2, -0.15) is 5.10 Å². The first-order valence-corrected chi connectivity index (χ1v) is 11.6. The molecule has 0 aliphatic carbocycles. The monoisotopic (exact) mass is 490 g/mol. The Hall–Kier alpha value is -4.11. The van der Waals surface area contributed by atoms with Crippen molar-refractivity contribution in [1.82, 2.24) is 30.0 Å². The maximum absolute atomic E-state index is 13.7. The van der Waals surface area contributed by atoms with Crippen LogP contribution in [0.4, 0.5) is 4.39 Å². The molecule has 4 aromatic rings. The summed E-state index contributed by atoms with van der Waals surface area (Å²) in [4.78, 5) is 32.6. The number of aromatic nitrogens is 4. The van der Waals surface area contributed by atoms with Gasteiger partial charge in [0.15, 0.2) is 5.82 Å². The number of fused-ring (bicyclic) bond motifs is 1. The summed E-state index contributed by atoms with van der Waals surface area (Å²) >= 11 is 0. The van der Waals surface area contributed by atoms with Gasteiger partial charge in [0, 0.05) is 48.9 Å². The lowest BCUT2D eigenvalue weighted by Crippen LogP contribution is -2.47. The first-order valence-electron chi connectivity index (χ1n) is 11.6. The van der Waals surface area contributed by atoms with E-state index in [2.05, 4.69) is 38.7 Å². The van der Waals surface area contributed by atoms with Crippen molar-refractivity contribution >= 4 is 23.1 Å². The summed E-state index contributed by atoms with van der Waals surface area (Å²) in [5.74, 6) is 1.24. The zero-order valence-electron chi connectivity index (χ0n) is 20.8. The van der Waals surface area contributed by atoms with E-state index < -0.39 is 0 Å². The number of likely N-dealkylation sites (N-methyl/N-ethyl adjacent to an activating group) is 1. The Morgan fingerprint density at radius 2 is 1.75 bits per heavy atom. The molecule has 8 nitrogen and oxygen atoms in total. The Kier molecular flexibility index (Phi) is 9.24. The molecule has 1 aliphatic rings. The van der Waals surface area contributed by atoms with E-state index in [1.54, 1.807) is 12.3 Å². The predicted octanol–water partition coefficient (Wildman–Crippen LogP) is 4.15. The molecule has 0 atom stereocenters. The summed E-state index contributed by atoms with van der Waals surface area (Å²) in [7, 11) is 2.09. The lowest BCUT2D eigenvalue weighted by atomic mass is 10.1. The van der Waals surface area contributed by atoms with Gasteiger partial charge in [0.2, 0.25) is 0 Å². The van der Waals surface area contributed by atoms with Crippen molar-refractivity contribution in [2.75, 3.05) is 33.2 Å².